The highest BCUT2D eigenvalue weighted by Gasteiger charge is 2.13. The minimum atomic E-state index is -0.743. The Labute approximate surface area is 143 Å². The van der Waals surface area contributed by atoms with Gasteiger partial charge in [-0.15, -0.1) is 13.2 Å². The maximum atomic E-state index is 12.1. The molecule has 0 aliphatic rings. The van der Waals surface area contributed by atoms with Crippen LogP contribution in [0, 0.1) is 13.8 Å². The van der Waals surface area contributed by atoms with Gasteiger partial charge >= 0.3 is 6.16 Å². The summed E-state index contributed by atoms with van der Waals surface area (Å²) in [6, 6.07) is 11.2. The van der Waals surface area contributed by atoms with Gasteiger partial charge in [0.05, 0.1) is 0 Å². The number of benzene rings is 2. The van der Waals surface area contributed by atoms with Crippen LogP contribution in [0.25, 0.3) is 0 Å². The molecule has 24 heavy (non-hydrogen) atoms. The summed E-state index contributed by atoms with van der Waals surface area (Å²) in [6.07, 6.45) is 4.34. The first-order valence-corrected chi connectivity index (χ1v) is 7.85. The fourth-order valence-electron chi connectivity index (χ4n) is 2.49. The minimum absolute atomic E-state index is 0.499. The second-order valence-corrected chi connectivity index (χ2v) is 5.52. The van der Waals surface area contributed by atoms with Gasteiger partial charge in [0.15, 0.2) is 0 Å². The number of hydrogen-bond acceptors (Lipinski definition) is 3. The Balaban J connectivity index is 2.14. The standard InChI is InChI=1S/C21H22O3/c1-5-9-17-11-7-13-19(15(17)3)23-21(22)24-20-14-8-12-18(10-6-2)16(20)4/h5-8,11-14H,1-2,9-10H2,3-4H3. The molecule has 124 valence electrons. The van der Waals surface area contributed by atoms with Crippen molar-refractivity contribution in [3.8, 4) is 11.5 Å². The van der Waals surface area contributed by atoms with E-state index < -0.39 is 6.16 Å². The fraction of sp³-hybridized carbons (Fsp3) is 0.190. The van der Waals surface area contributed by atoms with Gasteiger partial charge < -0.3 is 9.47 Å². The Kier molecular flexibility index (Phi) is 5.96. The molecule has 3 heteroatoms. The second kappa shape index (κ2) is 8.16. The third kappa shape index (κ3) is 4.13. The van der Waals surface area contributed by atoms with E-state index in [9.17, 15) is 4.79 Å². The van der Waals surface area contributed by atoms with Crippen molar-refractivity contribution in [1.29, 1.82) is 0 Å². The highest BCUT2D eigenvalue weighted by molar-refractivity contribution is 5.68. The molecule has 0 atom stereocenters. The van der Waals surface area contributed by atoms with Gasteiger partial charge in [0, 0.05) is 0 Å². The van der Waals surface area contributed by atoms with Crippen LogP contribution in [0.2, 0.25) is 0 Å². The van der Waals surface area contributed by atoms with Crippen molar-refractivity contribution in [2.24, 2.45) is 0 Å². The molecule has 0 amide bonds. The van der Waals surface area contributed by atoms with Crippen LogP contribution < -0.4 is 9.47 Å². The van der Waals surface area contributed by atoms with Crippen LogP contribution in [0.15, 0.2) is 61.7 Å². The average molecular weight is 322 g/mol. The van der Waals surface area contributed by atoms with Crippen molar-refractivity contribution < 1.29 is 14.3 Å². The fourth-order valence-corrected chi connectivity index (χ4v) is 2.49. The van der Waals surface area contributed by atoms with Gasteiger partial charge in [0.1, 0.15) is 11.5 Å². The number of carbonyl (C=O) groups is 1. The lowest BCUT2D eigenvalue weighted by molar-refractivity contribution is 0.151. The average Bonchev–Trinajstić information content (AvgIpc) is 2.55. The molecular formula is C21H22O3. The van der Waals surface area contributed by atoms with Crippen molar-refractivity contribution in [1.82, 2.24) is 0 Å². The number of rotatable bonds is 6. The van der Waals surface area contributed by atoms with E-state index in [4.69, 9.17) is 9.47 Å². The van der Waals surface area contributed by atoms with Gasteiger partial charge in [-0.25, -0.2) is 4.79 Å². The Morgan fingerprint density at radius 2 is 1.29 bits per heavy atom. The third-order valence-electron chi connectivity index (χ3n) is 3.91. The first-order chi connectivity index (χ1) is 11.6. The first kappa shape index (κ1) is 17.5. The predicted molar refractivity (Wildman–Crippen MR) is 96.8 cm³/mol. The van der Waals surface area contributed by atoms with Crippen LogP contribution in [-0.2, 0) is 12.8 Å². The molecule has 0 aliphatic carbocycles. The van der Waals surface area contributed by atoms with E-state index >= 15 is 0 Å². The molecule has 0 saturated heterocycles. The van der Waals surface area contributed by atoms with Crippen LogP contribution >= 0.6 is 0 Å². The normalized spacial score (nSPS) is 10.1. The zero-order chi connectivity index (χ0) is 17.5. The molecule has 2 aromatic rings. The highest BCUT2D eigenvalue weighted by atomic mass is 16.7. The van der Waals surface area contributed by atoms with Gasteiger partial charge in [-0.2, -0.15) is 0 Å². The number of ether oxygens (including phenoxy) is 2. The summed E-state index contributed by atoms with van der Waals surface area (Å²) in [5.74, 6) is 0.999. The van der Waals surface area contributed by atoms with Crippen molar-refractivity contribution in [3.63, 3.8) is 0 Å². The summed E-state index contributed by atoms with van der Waals surface area (Å²) in [4.78, 5) is 12.1. The van der Waals surface area contributed by atoms with Crippen molar-refractivity contribution >= 4 is 6.16 Å². The molecule has 2 rings (SSSR count). The van der Waals surface area contributed by atoms with Crippen molar-refractivity contribution in [3.05, 3.63) is 84.0 Å². The van der Waals surface area contributed by atoms with Crippen molar-refractivity contribution in [2.45, 2.75) is 26.7 Å². The zero-order valence-corrected chi connectivity index (χ0v) is 14.2. The monoisotopic (exact) mass is 322 g/mol. The van der Waals surface area contributed by atoms with E-state index in [0.29, 0.717) is 11.5 Å². The van der Waals surface area contributed by atoms with Crippen LogP contribution in [0.3, 0.4) is 0 Å². The molecule has 0 saturated carbocycles. The smallest absolute Gasteiger partial charge is 0.394 e. The highest BCUT2D eigenvalue weighted by Crippen LogP contribution is 2.25. The van der Waals surface area contributed by atoms with Crippen LogP contribution in [0.1, 0.15) is 22.3 Å². The molecule has 0 fully saturated rings. The maximum absolute atomic E-state index is 12.1. The van der Waals surface area contributed by atoms with Crippen molar-refractivity contribution in [2.75, 3.05) is 0 Å². The zero-order valence-electron chi connectivity index (χ0n) is 14.2. The largest absolute Gasteiger partial charge is 0.519 e. The SMILES string of the molecule is C=CCc1cccc(OC(=O)Oc2cccc(CC=C)c2C)c1C. The van der Waals surface area contributed by atoms with E-state index in [2.05, 4.69) is 13.2 Å². The van der Waals surface area contributed by atoms with E-state index in [1.54, 1.807) is 12.1 Å². The van der Waals surface area contributed by atoms with Crippen LogP contribution in [0.5, 0.6) is 11.5 Å². The number of allylic oxidation sites excluding steroid dienone is 2. The molecule has 0 heterocycles. The molecule has 0 radical (unpaired) electrons. The lowest BCUT2D eigenvalue weighted by atomic mass is 10.1. The van der Waals surface area contributed by atoms with Gasteiger partial charge in [-0.3, -0.25) is 0 Å². The summed E-state index contributed by atoms with van der Waals surface area (Å²) in [7, 11) is 0. The van der Waals surface area contributed by atoms with Gasteiger partial charge in [-0.1, -0.05) is 36.4 Å². The summed E-state index contributed by atoms with van der Waals surface area (Å²) in [5, 5.41) is 0. The molecule has 0 spiro atoms. The minimum Gasteiger partial charge on any atom is -0.394 e. The Hall–Kier alpha value is -2.81. The van der Waals surface area contributed by atoms with E-state index in [1.165, 1.54) is 0 Å². The predicted octanol–water partition coefficient (Wildman–Crippen LogP) is 5.34. The van der Waals surface area contributed by atoms with E-state index in [-0.39, 0.29) is 0 Å². The molecule has 0 N–H and O–H groups in total. The molecule has 0 aliphatic heterocycles. The lowest BCUT2D eigenvalue weighted by Crippen LogP contribution is -2.15. The van der Waals surface area contributed by atoms with Gasteiger partial charge in [0.2, 0.25) is 0 Å². The quantitative estimate of drug-likeness (QED) is 0.409. The van der Waals surface area contributed by atoms with E-state index in [0.717, 1.165) is 35.1 Å². The maximum Gasteiger partial charge on any atom is 0.519 e. The van der Waals surface area contributed by atoms with Crippen LogP contribution in [0.4, 0.5) is 4.79 Å². The third-order valence-corrected chi connectivity index (χ3v) is 3.91. The number of carbonyl (C=O) groups excluding carboxylic acids is 1. The van der Waals surface area contributed by atoms with Crippen LogP contribution in [-0.4, -0.2) is 6.16 Å². The Morgan fingerprint density at radius 3 is 1.67 bits per heavy atom. The lowest BCUT2D eigenvalue weighted by Gasteiger charge is -2.12. The Morgan fingerprint density at radius 1 is 0.875 bits per heavy atom. The van der Waals surface area contributed by atoms with Gasteiger partial charge in [-0.05, 0) is 61.1 Å². The summed E-state index contributed by atoms with van der Waals surface area (Å²) in [5.41, 5.74) is 3.96. The second-order valence-electron chi connectivity index (χ2n) is 5.52. The summed E-state index contributed by atoms with van der Waals surface area (Å²) < 4.78 is 10.8. The molecule has 2 aromatic carbocycles. The topological polar surface area (TPSA) is 35.5 Å². The first-order valence-electron chi connectivity index (χ1n) is 7.85. The molecule has 0 unspecified atom stereocenters. The molecule has 0 bridgehead atoms. The molecule has 3 nitrogen and oxygen atoms in total. The summed E-state index contributed by atoms with van der Waals surface area (Å²) >= 11 is 0. The summed E-state index contributed by atoms with van der Waals surface area (Å²) in [6.45, 7) is 11.3. The Bertz CT molecular complexity index is 696. The number of hydrogen-bond donors (Lipinski definition) is 0. The molecule has 0 aromatic heterocycles. The van der Waals surface area contributed by atoms with Gasteiger partial charge in [0.25, 0.3) is 0 Å². The van der Waals surface area contributed by atoms with E-state index in [1.807, 2.05) is 50.3 Å². The molecular weight excluding hydrogens is 300 g/mol.